The SMILES string of the molecule is CCN(Cc1nc2sc3c(c2c(=O)[nH]1)CC[C@H](C)C3)C[C@H](O)COC(C)(C)C. The van der Waals surface area contributed by atoms with Gasteiger partial charge in [-0.1, -0.05) is 13.8 Å². The number of hydrogen-bond acceptors (Lipinski definition) is 6. The Hall–Kier alpha value is -1.28. The van der Waals surface area contributed by atoms with E-state index >= 15 is 0 Å². The van der Waals surface area contributed by atoms with Crippen LogP contribution in [0.25, 0.3) is 10.2 Å². The zero-order valence-corrected chi connectivity index (χ0v) is 18.5. The molecule has 0 saturated carbocycles. The minimum absolute atomic E-state index is 0.0280. The lowest BCUT2D eigenvalue weighted by atomic mass is 9.89. The molecule has 156 valence electrons. The zero-order valence-electron chi connectivity index (χ0n) is 17.7. The predicted molar refractivity (Wildman–Crippen MR) is 114 cm³/mol. The van der Waals surface area contributed by atoms with Gasteiger partial charge >= 0.3 is 0 Å². The monoisotopic (exact) mass is 407 g/mol. The molecule has 2 aromatic rings. The average Bonchev–Trinajstić information content (AvgIpc) is 2.96. The van der Waals surface area contributed by atoms with Gasteiger partial charge < -0.3 is 14.8 Å². The number of nitrogens with zero attached hydrogens (tertiary/aromatic N) is 2. The predicted octanol–water partition coefficient (Wildman–Crippen LogP) is 3.11. The van der Waals surface area contributed by atoms with Crippen molar-refractivity contribution in [3.8, 4) is 0 Å². The van der Waals surface area contributed by atoms with Crippen molar-refractivity contribution in [3.05, 3.63) is 26.6 Å². The van der Waals surface area contributed by atoms with Gasteiger partial charge in [-0.2, -0.15) is 0 Å². The third-order valence-corrected chi connectivity index (χ3v) is 6.36. The number of aromatic amines is 1. The van der Waals surface area contributed by atoms with Crippen LogP contribution in [0.5, 0.6) is 0 Å². The Labute approximate surface area is 170 Å². The molecule has 7 heteroatoms. The Balaban J connectivity index is 1.73. The summed E-state index contributed by atoms with van der Waals surface area (Å²) in [6, 6.07) is 0. The fourth-order valence-electron chi connectivity index (χ4n) is 3.68. The molecule has 0 saturated heterocycles. The lowest BCUT2D eigenvalue weighted by molar-refractivity contribution is -0.0564. The van der Waals surface area contributed by atoms with E-state index < -0.39 is 6.10 Å². The van der Waals surface area contributed by atoms with E-state index in [2.05, 4.69) is 16.8 Å². The van der Waals surface area contributed by atoms with Gasteiger partial charge in [0.1, 0.15) is 10.7 Å². The van der Waals surface area contributed by atoms with E-state index in [0.29, 0.717) is 31.4 Å². The first-order chi connectivity index (χ1) is 13.2. The highest BCUT2D eigenvalue weighted by Crippen LogP contribution is 2.35. The Kier molecular flexibility index (Phi) is 6.59. The Morgan fingerprint density at radius 1 is 1.43 bits per heavy atom. The van der Waals surface area contributed by atoms with Crippen LogP contribution in [-0.2, 0) is 24.1 Å². The van der Waals surface area contributed by atoms with Crippen LogP contribution in [0.1, 0.15) is 57.3 Å². The zero-order chi connectivity index (χ0) is 20.5. The molecule has 0 aromatic carbocycles. The summed E-state index contributed by atoms with van der Waals surface area (Å²) in [6.07, 6.45) is 2.58. The molecule has 0 radical (unpaired) electrons. The lowest BCUT2D eigenvalue weighted by Crippen LogP contribution is -2.37. The number of hydrogen-bond donors (Lipinski definition) is 2. The number of thiophene rings is 1. The lowest BCUT2D eigenvalue weighted by Gasteiger charge is -2.26. The van der Waals surface area contributed by atoms with Crippen molar-refractivity contribution < 1.29 is 9.84 Å². The second-order valence-corrected chi connectivity index (χ2v) is 10.0. The summed E-state index contributed by atoms with van der Waals surface area (Å²) in [5.74, 6) is 1.33. The highest BCUT2D eigenvalue weighted by Gasteiger charge is 2.23. The summed E-state index contributed by atoms with van der Waals surface area (Å²) < 4.78 is 5.67. The molecule has 3 rings (SSSR count). The smallest absolute Gasteiger partial charge is 0.259 e. The Morgan fingerprint density at radius 2 is 2.18 bits per heavy atom. The molecule has 0 spiro atoms. The van der Waals surface area contributed by atoms with Crippen molar-refractivity contribution in [3.63, 3.8) is 0 Å². The largest absolute Gasteiger partial charge is 0.389 e. The highest BCUT2D eigenvalue weighted by atomic mass is 32.1. The third kappa shape index (κ3) is 5.20. The van der Waals surface area contributed by atoms with Crippen LogP contribution in [0.4, 0.5) is 0 Å². The summed E-state index contributed by atoms with van der Waals surface area (Å²) in [5, 5.41) is 11.1. The number of rotatable bonds is 7. The van der Waals surface area contributed by atoms with Gasteiger partial charge in [-0.3, -0.25) is 9.69 Å². The van der Waals surface area contributed by atoms with E-state index in [1.165, 1.54) is 10.4 Å². The number of H-pyrrole nitrogens is 1. The van der Waals surface area contributed by atoms with E-state index in [9.17, 15) is 9.90 Å². The van der Waals surface area contributed by atoms with Crippen LogP contribution < -0.4 is 5.56 Å². The van der Waals surface area contributed by atoms with Crippen molar-refractivity contribution in [2.75, 3.05) is 19.7 Å². The number of aliphatic hydroxyl groups excluding tert-OH is 1. The second-order valence-electron chi connectivity index (χ2n) is 8.95. The van der Waals surface area contributed by atoms with Gasteiger partial charge in [0.15, 0.2) is 0 Å². The van der Waals surface area contributed by atoms with E-state index in [0.717, 1.165) is 36.0 Å². The van der Waals surface area contributed by atoms with Crippen LogP contribution in [0.15, 0.2) is 4.79 Å². The molecule has 6 nitrogen and oxygen atoms in total. The van der Waals surface area contributed by atoms with E-state index in [1.54, 1.807) is 11.3 Å². The first-order valence-corrected chi connectivity index (χ1v) is 11.1. The van der Waals surface area contributed by atoms with E-state index in [4.69, 9.17) is 9.72 Å². The minimum Gasteiger partial charge on any atom is -0.389 e. The maximum atomic E-state index is 12.7. The van der Waals surface area contributed by atoms with Gasteiger partial charge in [0.25, 0.3) is 5.56 Å². The van der Waals surface area contributed by atoms with Gasteiger partial charge in [0.2, 0.25) is 0 Å². The molecular weight excluding hydrogens is 374 g/mol. The van der Waals surface area contributed by atoms with Crippen molar-refractivity contribution in [1.82, 2.24) is 14.9 Å². The van der Waals surface area contributed by atoms with Crippen LogP contribution in [-0.4, -0.2) is 51.4 Å². The number of nitrogens with one attached hydrogen (secondary N) is 1. The van der Waals surface area contributed by atoms with Crippen molar-refractivity contribution in [1.29, 1.82) is 0 Å². The van der Waals surface area contributed by atoms with E-state index in [1.807, 2.05) is 27.7 Å². The maximum absolute atomic E-state index is 12.7. The summed E-state index contributed by atoms with van der Waals surface area (Å²) in [6.45, 7) is 12.3. The van der Waals surface area contributed by atoms with Gasteiger partial charge in [-0.15, -0.1) is 11.3 Å². The van der Waals surface area contributed by atoms with Crippen molar-refractivity contribution >= 4 is 21.6 Å². The molecule has 2 heterocycles. The number of aliphatic hydroxyl groups is 1. The Morgan fingerprint density at radius 3 is 2.86 bits per heavy atom. The molecule has 2 N–H and O–H groups in total. The molecular formula is C21H33N3O3S. The molecule has 0 fully saturated rings. The fourth-order valence-corrected chi connectivity index (χ4v) is 5.08. The number of likely N-dealkylation sites (N-methyl/N-ethyl adjacent to an activating group) is 1. The second kappa shape index (κ2) is 8.61. The first-order valence-electron chi connectivity index (χ1n) is 10.2. The quantitative estimate of drug-likeness (QED) is 0.737. The van der Waals surface area contributed by atoms with Crippen molar-refractivity contribution in [2.45, 2.75) is 72.1 Å². The molecule has 2 aromatic heterocycles. The van der Waals surface area contributed by atoms with Crippen LogP contribution in [0.2, 0.25) is 0 Å². The minimum atomic E-state index is -0.579. The summed E-state index contributed by atoms with van der Waals surface area (Å²) in [4.78, 5) is 24.7. The highest BCUT2D eigenvalue weighted by molar-refractivity contribution is 7.18. The molecule has 28 heavy (non-hydrogen) atoms. The van der Waals surface area contributed by atoms with Crippen molar-refractivity contribution in [2.24, 2.45) is 5.92 Å². The Bertz CT molecular complexity index is 868. The number of ether oxygens (including phenoxy) is 1. The number of aromatic nitrogens is 2. The average molecular weight is 408 g/mol. The maximum Gasteiger partial charge on any atom is 0.259 e. The number of aryl methyl sites for hydroxylation is 1. The molecule has 0 bridgehead atoms. The van der Waals surface area contributed by atoms with Crippen LogP contribution in [0, 0.1) is 5.92 Å². The summed E-state index contributed by atoms with van der Waals surface area (Å²) >= 11 is 1.67. The summed E-state index contributed by atoms with van der Waals surface area (Å²) in [5.41, 5.74) is 0.909. The van der Waals surface area contributed by atoms with Gasteiger partial charge in [0.05, 0.1) is 30.2 Å². The first kappa shape index (κ1) is 21.4. The van der Waals surface area contributed by atoms with Crippen LogP contribution >= 0.6 is 11.3 Å². The molecule has 0 unspecified atom stereocenters. The van der Waals surface area contributed by atoms with Gasteiger partial charge in [-0.25, -0.2) is 4.98 Å². The fraction of sp³-hybridized carbons (Fsp3) is 0.714. The standard InChI is InChI=1S/C21H33N3O3S/c1-6-24(10-14(25)12-27-21(3,4)5)11-17-22-19(26)18-15-8-7-13(2)9-16(15)28-20(18)23-17/h13-14,25H,6-12H2,1-5H3,(H,22,23,26)/t13-,14-/m0/s1. The van der Waals surface area contributed by atoms with Crippen LogP contribution in [0.3, 0.4) is 0 Å². The number of fused-ring (bicyclic) bond motifs is 3. The topological polar surface area (TPSA) is 78.5 Å². The molecule has 1 aliphatic rings. The van der Waals surface area contributed by atoms with Gasteiger partial charge in [-0.05, 0) is 58.1 Å². The molecule has 2 atom stereocenters. The normalized spacial score (nSPS) is 18.6. The third-order valence-electron chi connectivity index (χ3n) is 5.21. The molecule has 0 aliphatic heterocycles. The van der Waals surface area contributed by atoms with Gasteiger partial charge in [0, 0.05) is 11.4 Å². The van der Waals surface area contributed by atoms with E-state index in [-0.39, 0.29) is 11.2 Å². The summed E-state index contributed by atoms with van der Waals surface area (Å²) in [7, 11) is 0. The molecule has 1 aliphatic carbocycles. The molecule has 0 amide bonds.